The molecule has 0 aliphatic carbocycles. The lowest BCUT2D eigenvalue weighted by Crippen LogP contribution is -2.62. The van der Waals surface area contributed by atoms with Crippen molar-refractivity contribution in [3.63, 3.8) is 0 Å². The first kappa shape index (κ1) is 26.2. The lowest BCUT2D eigenvalue weighted by atomic mass is 9.72. The number of rotatable bonds is 6. The van der Waals surface area contributed by atoms with Gasteiger partial charge in [-0.15, -0.1) is 0 Å². The molecule has 2 aromatic rings. The molecule has 8 nitrogen and oxygen atoms in total. The van der Waals surface area contributed by atoms with Gasteiger partial charge in [0.05, 0.1) is 6.07 Å². The van der Waals surface area contributed by atoms with Gasteiger partial charge in [-0.2, -0.15) is 5.26 Å². The third kappa shape index (κ3) is 5.32. The molecule has 0 saturated carbocycles. The molecular formula is C27H28F2N4O4. The molecule has 2 aromatic carbocycles. The molecule has 0 aromatic heterocycles. The molecule has 2 heterocycles. The first-order chi connectivity index (χ1) is 17.8. The first-order valence-electron chi connectivity index (χ1n) is 12.1. The first-order valence-corrected chi connectivity index (χ1v) is 12.1. The minimum atomic E-state index is -1.33. The number of ketones is 1. The fraction of sp³-hybridized carbons (Fsp3) is 0.407. The highest BCUT2D eigenvalue weighted by molar-refractivity contribution is 5.96. The van der Waals surface area contributed by atoms with E-state index in [2.05, 4.69) is 5.32 Å². The van der Waals surface area contributed by atoms with Gasteiger partial charge in [-0.05, 0) is 54.8 Å². The van der Waals surface area contributed by atoms with E-state index in [0.29, 0.717) is 38.0 Å². The van der Waals surface area contributed by atoms with Crippen molar-refractivity contribution in [2.24, 2.45) is 5.92 Å². The number of amides is 2. The predicted octanol–water partition coefficient (Wildman–Crippen LogP) is 3.24. The number of carbonyl (C=O) groups excluding carboxylic acids is 3. The van der Waals surface area contributed by atoms with Crippen LogP contribution in [0.3, 0.4) is 0 Å². The summed E-state index contributed by atoms with van der Waals surface area (Å²) in [6.07, 6.45) is -0.196. The second-order valence-corrected chi connectivity index (χ2v) is 9.39. The molecule has 4 rings (SSSR count). The average molecular weight is 511 g/mol. The van der Waals surface area contributed by atoms with Crippen molar-refractivity contribution in [3.8, 4) is 11.8 Å². The van der Waals surface area contributed by atoms with E-state index in [9.17, 15) is 23.2 Å². The Labute approximate surface area is 213 Å². The van der Waals surface area contributed by atoms with Gasteiger partial charge in [0.25, 0.3) is 0 Å². The third-order valence-corrected chi connectivity index (χ3v) is 7.36. The monoisotopic (exact) mass is 510 g/mol. The molecule has 2 atom stereocenters. The highest BCUT2D eigenvalue weighted by Gasteiger charge is 2.56. The van der Waals surface area contributed by atoms with Gasteiger partial charge in [-0.1, -0.05) is 12.1 Å². The van der Waals surface area contributed by atoms with Crippen molar-refractivity contribution in [3.05, 3.63) is 65.7 Å². The highest BCUT2D eigenvalue weighted by atomic mass is 19.1. The number of likely N-dealkylation sites (N-methyl/N-ethyl adjacent to an activating group) is 1. The molecule has 2 fully saturated rings. The van der Waals surface area contributed by atoms with Crippen LogP contribution in [-0.4, -0.2) is 66.3 Å². The van der Waals surface area contributed by atoms with E-state index in [1.54, 1.807) is 17.0 Å². The number of nitriles is 1. The van der Waals surface area contributed by atoms with Gasteiger partial charge >= 0.3 is 6.09 Å². The number of carbonyl (C=O) groups is 3. The summed E-state index contributed by atoms with van der Waals surface area (Å²) in [4.78, 5) is 42.6. The van der Waals surface area contributed by atoms with Gasteiger partial charge in [0.1, 0.15) is 29.3 Å². The molecular weight excluding hydrogens is 482 g/mol. The Bertz CT molecular complexity index is 1190. The molecule has 10 heteroatoms. The number of Topliss-reactive ketones (excluding diaryl/α,β-unsaturated/α-hetero) is 1. The molecule has 0 spiro atoms. The summed E-state index contributed by atoms with van der Waals surface area (Å²) >= 11 is 0. The lowest BCUT2D eigenvalue weighted by Gasteiger charge is -2.44. The van der Waals surface area contributed by atoms with E-state index < -0.39 is 35.1 Å². The number of halogens is 2. The SMILES string of the molecule is CN(C(=O)Oc1ccc(F)cc1)[C@]1(C(=O)C2CCN(C(=O)CC#N)CC2)CNC[C@H]1c1ccc(F)cc1. The number of hydrogen-bond donors (Lipinski definition) is 1. The molecule has 194 valence electrons. The topological polar surface area (TPSA) is 103 Å². The molecule has 37 heavy (non-hydrogen) atoms. The van der Waals surface area contributed by atoms with Crippen LogP contribution in [0.25, 0.3) is 0 Å². The molecule has 0 radical (unpaired) electrons. The van der Waals surface area contributed by atoms with Gasteiger partial charge in [-0.3, -0.25) is 14.5 Å². The molecule has 0 bridgehead atoms. The molecule has 2 aliphatic rings. The Morgan fingerprint density at radius 1 is 1.08 bits per heavy atom. The maximum Gasteiger partial charge on any atom is 0.415 e. The van der Waals surface area contributed by atoms with Crippen LogP contribution < -0.4 is 10.1 Å². The van der Waals surface area contributed by atoms with Crippen LogP contribution in [0.15, 0.2) is 48.5 Å². The Balaban J connectivity index is 1.63. The van der Waals surface area contributed by atoms with Crippen LogP contribution in [0.5, 0.6) is 5.75 Å². The molecule has 0 unspecified atom stereocenters. The van der Waals surface area contributed by atoms with E-state index in [1.807, 2.05) is 6.07 Å². The minimum Gasteiger partial charge on any atom is -0.410 e. The second kappa shape index (κ2) is 11.0. The Morgan fingerprint density at radius 2 is 1.68 bits per heavy atom. The van der Waals surface area contributed by atoms with Gasteiger partial charge < -0.3 is 15.0 Å². The van der Waals surface area contributed by atoms with Crippen molar-refractivity contribution in [2.45, 2.75) is 30.7 Å². The standard InChI is InChI=1S/C27H28F2N4O4/c1-32(26(36)37-22-8-6-21(29)7-9-22)27(17-31-16-23(27)18-2-4-20(28)5-3-18)25(35)19-11-14-33(15-12-19)24(34)10-13-30/h2-9,19,23,31H,10-12,14-17H2,1H3/t23-,27+/m0/s1. The highest BCUT2D eigenvalue weighted by Crippen LogP contribution is 2.41. The molecule has 1 N–H and O–H groups in total. The van der Waals surface area contributed by atoms with E-state index in [1.165, 1.54) is 48.3 Å². The van der Waals surface area contributed by atoms with Crippen molar-refractivity contribution >= 4 is 17.8 Å². The van der Waals surface area contributed by atoms with Gasteiger partial charge in [0, 0.05) is 45.1 Å². The van der Waals surface area contributed by atoms with E-state index in [4.69, 9.17) is 10.00 Å². The Morgan fingerprint density at radius 3 is 2.27 bits per heavy atom. The van der Waals surface area contributed by atoms with Gasteiger partial charge in [0.15, 0.2) is 5.78 Å². The minimum absolute atomic E-state index is 0.134. The van der Waals surface area contributed by atoms with Gasteiger partial charge in [0.2, 0.25) is 5.91 Å². The van der Waals surface area contributed by atoms with E-state index in [0.717, 1.165) is 0 Å². The van der Waals surface area contributed by atoms with Crippen molar-refractivity contribution in [1.29, 1.82) is 5.26 Å². The van der Waals surface area contributed by atoms with Gasteiger partial charge in [-0.25, -0.2) is 13.6 Å². The third-order valence-electron chi connectivity index (χ3n) is 7.36. The van der Waals surface area contributed by atoms with E-state index in [-0.39, 0.29) is 30.4 Å². The van der Waals surface area contributed by atoms with Crippen LogP contribution >= 0.6 is 0 Å². The summed E-state index contributed by atoms with van der Waals surface area (Å²) in [6, 6.07) is 12.7. The summed E-state index contributed by atoms with van der Waals surface area (Å²) in [5.41, 5.74) is -0.638. The summed E-state index contributed by atoms with van der Waals surface area (Å²) in [7, 11) is 1.50. The normalized spacial score (nSPS) is 21.8. The summed E-state index contributed by atoms with van der Waals surface area (Å²) < 4.78 is 32.5. The molecule has 2 saturated heterocycles. The van der Waals surface area contributed by atoms with Crippen LogP contribution in [0.2, 0.25) is 0 Å². The van der Waals surface area contributed by atoms with E-state index >= 15 is 0 Å². The number of nitrogens with one attached hydrogen (secondary N) is 1. The fourth-order valence-electron chi connectivity index (χ4n) is 5.32. The van der Waals surface area contributed by atoms with Crippen molar-refractivity contribution in [2.75, 3.05) is 33.2 Å². The smallest absolute Gasteiger partial charge is 0.410 e. The van der Waals surface area contributed by atoms with Crippen LogP contribution in [0.4, 0.5) is 13.6 Å². The average Bonchev–Trinajstić information content (AvgIpc) is 3.35. The maximum absolute atomic E-state index is 14.2. The molecule has 2 aliphatic heterocycles. The van der Waals surface area contributed by atoms with Crippen LogP contribution in [0, 0.1) is 28.9 Å². The summed E-state index contributed by atoms with van der Waals surface area (Å²) in [5, 5.41) is 12.1. The number of ether oxygens (including phenoxy) is 1. The van der Waals surface area contributed by atoms with Crippen LogP contribution in [0.1, 0.15) is 30.7 Å². The van der Waals surface area contributed by atoms with Crippen molar-refractivity contribution < 1.29 is 27.9 Å². The fourth-order valence-corrected chi connectivity index (χ4v) is 5.32. The number of benzene rings is 2. The van der Waals surface area contributed by atoms with Crippen LogP contribution in [-0.2, 0) is 9.59 Å². The zero-order chi connectivity index (χ0) is 26.6. The molecule has 2 amide bonds. The van der Waals surface area contributed by atoms with Crippen molar-refractivity contribution in [1.82, 2.24) is 15.1 Å². The predicted molar refractivity (Wildman–Crippen MR) is 129 cm³/mol. The summed E-state index contributed by atoms with van der Waals surface area (Å²) in [5.74, 6) is -2.11. The lowest BCUT2D eigenvalue weighted by molar-refractivity contribution is -0.138. The zero-order valence-corrected chi connectivity index (χ0v) is 20.5. The number of nitrogens with zero attached hydrogens (tertiary/aromatic N) is 3. The summed E-state index contributed by atoms with van der Waals surface area (Å²) in [6.45, 7) is 1.22. The quantitative estimate of drug-likeness (QED) is 0.640. The zero-order valence-electron chi connectivity index (χ0n) is 20.5. The number of likely N-dealkylation sites (tertiary alicyclic amines) is 1. The number of hydrogen-bond acceptors (Lipinski definition) is 6. The largest absolute Gasteiger partial charge is 0.415 e. The maximum atomic E-state index is 14.2. The Hall–Kier alpha value is -3.84. The number of piperidine rings is 1. The second-order valence-electron chi connectivity index (χ2n) is 9.39. The Kier molecular flexibility index (Phi) is 7.83.